The second-order valence-electron chi connectivity index (χ2n) is 5.22. The largest absolute Gasteiger partial charge is 0.337 e. The summed E-state index contributed by atoms with van der Waals surface area (Å²) < 4.78 is 0. The molecule has 94 valence electrons. The average molecular weight is 226 g/mol. The van der Waals surface area contributed by atoms with Crippen LogP contribution in [0.4, 0.5) is 0 Å². The molecule has 2 unspecified atom stereocenters. The van der Waals surface area contributed by atoms with Crippen LogP contribution in [-0.2, 0) is 4.79 Å². The second-order valence-corrected chi connectivity index (χ2v) is 5.22. The lowest BCUT2D eigenvalue weighted by molar-refractivity contribution is -0.136. The van der Waals surface area contributed by atoms with Gasteiger partial charge in [0.25, 0.3) is 0 Å². The zero-order valence-corrected chi connectivity index (χ0v) is 11.1. The van der Waals surface area contributed by atoms with E-state index in [1.54, 1.807) is 0 Å². The van der Waals surface area contributed by atoms with Gasteiger partial charge in [0, 0.05) is 31.6 Å². The van der Waals surface area contributed by atoms with Crippen molar-refractivity contribution in [3.63, 3.8) is 0 Å². The van der Waals surface area contributed by atoms with Gasteiger partial charge in [-0.05, 0) is 18.8 Å². The first-order chi connectivity index (χ1) is 7.58. The van der Waals surface area contributed by atoms with Gasteiger partial charge in [0.05, 0.1) is 0 Å². The molecule has 3 nitrogen and oxygen atoms in total. The van der Waals surface area contributed by atoms with Gasteiger partial charge >= 0.3 is 0 Å². The SMILES string of the molecule is CCC1CN(C(=O)CC(C)C)C(CC)CN1. The molecule has 0 aliphatic carbocycles. The number of amides is 1. The fourth-order valence-electron chi connectivity index (χ4n) is 2.27. The summed E-state index contributed by atoms with van der Waals surface area (Å²) in [6.45, 7) is 10.4. The van der Waals surface area contributed by atoms with Gasteiger partial charge in [0.2, 0.25) is 5.91 Å². The maximum atomic E-state index is 12.1. The zero-order chi connectivity index (χ0) is 12.1. The van der Waals surface area contributed by atoms with E-state index in [2.05, 4.69) is 37.9 Å². The lowest BCUT2D eigenvalue weighted by atomic mass is 10.0. The van der Waals surface area contributed by atoms with Crippen LogP contribution in [0.25, 0.3) is 0 Å². The summed E-state index contributed by atoms with van der Waals surface area (Å²) in [6.07, 6.45) is 2.84. The third kappa shape index (κ3) is 3.48. The first kappa shape index (κ1) is 13.5. The van der Waals surface area contributed by atoms with Gasteiger partial charge in [0.15, 0.2) is 0 Å². The molecular weight excluding hydrogens is 200 g/mol. The van der Waals surface area contributed by atoms with Crippen LogP contribution in [0.3, 0.4) is 0 Å². The van der Waals surface area contributed by atoms with Crippen molar-refractivity contribution in [1.82, 2.24) is 10.2 Å². The minimum Gasteiger partial charge on any atom is -0.337 e. The van der Waals surface area contributed by atoms with E-state index >= 15 is 0 Å². The molecule has 0 radical (unpaired) electrons. The first-order valence-corrected chi connectivity index (χ1v) is 6.61. The Labute approximate surface area is 99.6 Å². The minimum absolute atomic E-state index is 0.335. The molecule has 1 aliphatic rings. The minimum atomic E-state index is 0.335. The van der Waals surface area contributed by atoms with Crippen LogP contribution >= 0.6 is 0 Å². The Hall–Kier alpha value is -0.570. The Morgan fingerprint density at radius 2 is 2.06 bits per heavy atom. The molecule has 0 saturated carbocycles. The number of carbonyl (C=O) groups is 1. The van der Waals surface area contributed by atoms with Gasteiger partial charge in [-0.15, -0.1) is 0 Å². The fraction of sp³-hybridized carbons (Fsp3) is 0.923. The molecule has 16 heavy (non-hydrogen) atoms. The van der Waals surface area contributed by atoms with Crippen LogP contribution in [0.5, 0.6) is 0 Å². The quantitative estimate of drug-likeness (QED) is 0.795. The van der Waals surface area contributed by atoms with Crippen LogP contribution in [-0.4, -0.2) is 36.0 Å². The molecule has 1 aliphatic heterocycles. The third-order valence-corrected chi connectivity index (χ3v) is 3.37. The Kier molecular flexibility index (Phi) is 5.26. The van der Waals surface area contributed by atoms with Crippen molar-refractivity contribution in [2.75, 3.05) is 13.1 Å². The summed E-state index contributed by atoms with van der Waals surface area (Å²) in [7, 11) is 0. The molecule has 0 aromatic heterocycles. The van der Waals surface area contributed by atoms with Gasteiger partial charge in [-0.1, -0.05) is 27.7 Å². The molecular formula is C13H26N2O. The number of carbonyl (C=O) groups excluding carboxylic acids is 1. The molecule has 1 saturated heterocycles. The highest BCUT2D eigenvalue weighted by atomic mass is 16.2. The Balaban J connectivity index is 2.60. The van der Waals surface area contributed by atoms with Crippen molar-refractivity contribution in [2.24, 2.45) is 5.92 Å². The molecule has 3 heteroatoms. The number of nitrogens with one attached hydrogen (secondary N) is 1. The molecule has 1 N–H and O–H groups in total. The van der Waals surface area contributed by atoms with E-state index in [1.165, 1.54) is 0 Å². The van der Waals surface area contributed by atoms with Crippen LogP contribution in [0.15, 0.2) is 0 Å². The van der Waals surface area contributed by atoms with Crippen molar-refractivity contribution in [3.8, 4) is 0 Å². The van der Waals surface area contributed by atoms with Gasteiger partial charge < -0.3 is 10.2 Å². The molecule has 0 aromatic carbocycles. The number of nitrogens with zero attached hydrogens (tertiary/aromatic N) is 1. The van der Waals surface area contributed by atoms with Crippen LogP contribution < -0.4 is 5.32 Å². The normalized spacial score (nSPS) is 26.2. The zero-order valence-electron chi connectivity index (χ0n) is 11.1. The van der Waals surface area contributed by atoms with Gasteiger partial charge in [-0.25, -0.2) is 0 Å². The van der Waals surface area contributed by atoms with Crippen molar-refractivity contribution in [1.29, 1.82) is 0 Å². The van der Waals surface area contributed by atoms with Gasteiger partial charge in [-0.2, -0.15) is 0 Å². The summed E-state index contributed by atoms with van der Waals surface area (Å²) in [5.41, 5.74) is 0. The van der Waals surface area contributed by atoms with Crippen LogP contribution in [0.2, 0.25) is 0 Å². The summed E-state index contributed by atoms with van der Waals surface area (Å²) >= 11 is 0. The van der Waals surface area contributed by atoms with Crippen molar-refractivity contribution < 1.29 is 4.79 Å². The molecule has 1 heterocycles. The molecule has 1 rings (SSSR count). The summed E-state index contributed by atoms with van der Waals surface area (Å²) in [5, 5.41) is 3.51. The number of rotatable bonds is 4. The van der Waals surface area contributed by atoms with E-state index in [0.29, 0.717) is 30.3 Å². The highest BCUT2D eigenvalue weighted by Gasteiger charge is 2.29. The third-order valence-electron chi connectivity index (χ3n) is 3.37. The summed E-state index contributed by atoms with van der Waals surface area (Å²) in [5.74, 6) is 0.793. The predicted molar refractivity (Wildman–Crippen MR) is 67.3 cm³/mol. The smallest absolute Gasteiger partial charge is 0.223 e. The van der Waals surface area contributed by atoms with Crippen LogP contribution in [0, 0.1) is 5.92 Å². The number of hydrogen-bond donors (Lipinski definition) is 1. The van der Waals surface area contributed by atoms with E-state index in [0.717, 1.165) is 25.9 Å². The summed E-state index contributed by atoms with van der Waals surface area (Å²) in [4.78, 5) is 14.2. The standard InChI is InChI=1S/C13H26N2O/c1-5-11-9-15(12(6-2)8-14-11)13(16)7-10(3)4/h10-12,14H,5-9H2,1-4H3. The molecule has 1 fully saturated rings. The maximum absolute atomic E-state index is 12.1. The second kappa shape index (κ2) is 6.24. The Bertz CT molecular complexity index is 228. The van der Waals surface area contributed by atoms with E-state index in [-0.39, 0.29) is 0 Å². The fourth-order valence-corrected chi connectivity index (χ4v) is 2.27. The molecule has 0 aromatic rings. The lowest BCUT2D eigenvalue weighted by Crippen LogP contribution is -2.58. The van der Waals surface area contributed by atoms with E-state index in [4.69, 9.17) is 0 Å². The molecule has 0 spiro atoms. The lowest BCUT2D eigenvalue weighted by Gasteiger charge is -2.40. The highest BCUT2D eigenvalue weighted by Crippen LogP contribution is 2.15. The van der Waals surface area contributed by atoms with Gasteiger partial charge in [-0.3, -0.25) is 4.79 Å². The van der Waals surface area contributed by atoms with Gasteiger partial charge in [0.1, 0.15) is 0 Å². The topological polar surface area (TPSA) is 32.3 Å². The van der Waals surface area contributed by atoms with E-state index in [9.17, 15) is 4.79 Å². The molecule has 2 atom stereocenters. The van der Waals surface area contributed by atoms with E-state index in [1.807, 2.05) is 0 Å². The number of hydrogen-bond acceptors (Lipinski definition) is 2. The highest BCUT2D eigenvalue weighted by molar-refractivity contribution is 5.77. The van der Waals surface area contributed by atoms with Crippen molar-refractivity contribution in [3.05, 3.63) is 0 Å². The van der Waals surface area contributed by atoms with E-state index < -0.39 is 0 Å². The predicted octanol–water partition coefficient (Wildman–Crippen LogP) is 2.02. The average Bonchev–Trinajstić information content (AvgIpc) is 2.27. The summed E-state index contributed by atoms with van der Waals surface area (Å²) in [6, 6.07) is 0.882. The monoisotopic (exact) mass is 226 g/mol. The molecule has 1 amide bonds. The van der Waals surface area contributed by atoms with Crippen molar-refractivity contribution >= 4 is 5.91 Å². The molecule has 0 bridgehead atoms. The maximum Gasteiger partial charge on any atom is 0.223 e. The Morgan fingerprint density at radius 1 is 1.38 bits per heavy atom. The Morgan fingerprint density at radius 3 is 2.56 bits per heavy atom. The van der Waals surface area contributed by atoms with Crippen LogP contribution in [0.1, 0.15) is 47.0 Å². The number of piperazine rings is 1. The first-order valence-electron chi connectivity index (χ1n) is 6.61. The van der Waals surface area contributed by atoms with Crippen molar-refractivity contribution in [2.45, 2.75) is 59.0 Å².